The number of nitrogens with one attached hydrogen (secondary N) is 1. The van der Waals surface area contributed by atoms with Gasteiger partial charge in [0.2, 0.25) is 0 Å². The molecule has 4 heteroatoms. The van der Waals surface area contributed by atoms with Crippen LogP contribution in [0.3, 0.4) is 0 Å². The first-order valence-electron chi connectivity index (χ1n) is 6.93. The van der Waals surface area contributed by atoms with E-state index in [2.05, 4.69) is 35.1 Å². The minimum atomic E-state index is -0.262. The van der Waals surface area contributed by atoms with Gasteiger partial charge in [-0.05, 0) is 29.8 Å². The molecule has 0 saturated carbocycles. The van der Waals surface area contributed by atoms with Gasteiger partial charge in [-0.3, -0.25) is 0 Å². The minimum Gasteiger partial charge on any atom is -0.489 e. The zero-order chi connectivity index (χ0) is 15.2. The van der Waals surface area contributed by atoms with Gasteiger partial charge >= 0.3 is 0 Å². The summed E-state index contributed by atoms with van der Waals surface area (Å²) in [6.07, 6.45) is 0. The molecular weight excluding hydrogens is 333 g/mol. The van der Waals surface area contributed by atoms with E-state index in [1.807, 2.05) is 30.3 Å². The second kappa shape index (κ2) is 7.57. The van der Waals surface area contributed by atoms with Crippen molar-refractivity contribution in [3.05, 3.63) is 63.9 Å². The maximum absolute atomic E-state index is 13.7. The van der Waals surface area contributed by atoms with E-state index in [0.717, 1.165) is 22.3 Å². The first-order chi connectivity index (χ1) is 10.0. The molecule has 0 fully saturated rings. The van der Waals surface area contributed by atoms with Gasteiger partial charge in [-0.25, -0.2) is 4.39 Å². The summed E-state index contributed by atoms with van der Waals surface area (Å²) < 4.78 is 20.1. The van der Waals surface area contributed by atoms with E-state index in [1.54, 1.807) is 6.07 Å². The Hall–Kier alpha value is -1.39. The van der Waals surface area contributed by atoms with Gasteiger partial charge in [0.25, 0.3) is 0 Å². The highest BCUT2D eigenvalue weighted by Crippen LogP contribution is 2.19. The summed E-state index contributed by atoms with van der Waals surface area (Å²) >= 11 is 3.24. The number of benzene rings is 2. The van der Waals surface area contributed by atoms with Crippen LogP contribution in [0, 0.1) is 5.82 Å². The van der Waals surface area contributed by atoms with E-state index >= 15 is 0 Å². The quantitative estimate of drug-likeness (QED) is 0.816. The van der Waals surface area contributed by atoms with Gasteiger partial charge in [0, 0.05) is 22.6 Å². The molecule has 0 aromatic heterocycles. The summed E-state index contributed by atoms with van der Waals surface area (Å²) in [5, 5.41) is 3.36. The Morgan fingerprint density at radius 2 is 2.00 bits per heavy atom. The van der Waals surface area contributed by atoms with Crippen LogP contribution in [-0.2, 0) is 13.2 Å². The summed E-state index contributed by atoms with van der Waals surface area (Å²) in [6.45, 7) is 5.23. The zero-order valence-electron chi connectivity index (χ0n) is 12.2. The Labute approximate surface area is 133 Å². The monoisotopic (exact) mass is 351 g/mol. The van der Waals surface area contributed by atoms with Crippen molar-refractivity contribution in [2.24, 2.45) is 0 Å². The predicted molar refractivity (Wildman–Crippen MR) is 86.8 cm³/mol. The molecule has 0 radical (unpaired) electrons. The van der Waals surface area contributed by atoms with Gasteiger partial charge in [-0.2, -0.15) is 0 Å². The fourth-order valence-electron chi connectivity index (χ4n) is 1.87. The number of halogens is 2. The molecule has 0 amide bonds. The van der Waals surface area contributed by atoms with E-state index in [1.165, 1.54) is 6.07 Å². The Balaban J connectivity index is 1.98. The highest BCUT2D eigenvalue weighted by Gasteiger charge is 2.04. The molecule has 0 atom stereocenters. The molecule has 112 valence electrons. The van der Waals surface area contributed by atoms with E-state index in [0.29, 0.717) is 11.6 Å². The predicted octanol–water partition coefficient (Wildman–Crippen LogP) is 4.67. The van der Waals surface area contributed by atoms with Crippen LogP contribution in [0.4, 0.5) is 4.39 Å². The SMILES string of the molecule is CC(C)NCc1cccc(OCc2ccc(Br)cc2F)c1. The average Bonchev–Trinajstić information content (AvgIpc) is 2.45. The number of ether oxygens (including phenoxy) is 1. The van der Waals surface area contributed by atoms with Gasteiger partial charge in [-0.1, -0.05) is 48.0 Å². The highest BCUT2D eigenvalue weighted by atomic mass is 79.9. The molecule has 0 aliphatic heterocycles. The van der Waals surface area contributed by atoms with E-state index in [9.17, 15) is 4.39 Å². The first-order valence-corrected chi connectivity index (χ1v) is 7.73. The fraction of sp³-hybridized carbons (Fsp3) is 0.294. The van der Waals surface area contributed by atoms with Crippen molar-refractivity contribution in [1.29, 1.82) is 0 Å². The molecule has 0 aliphatic carbocycles. The van der Waals surface area contributed by atoms with Crippen molar-refractivity contribution in [1.82, 2.24) is 5.32 Å². The van der Waals surface area contributed by atoms with Gasteiger partial charge in [-0.15, -0.1) is 0 Å². The zero-order valence-corrected chi connectivity index (χ0v) is 13.8. The Bertz CT molecular complexity index is 601. The van der Waals surface area contributed by atoms with E-state index in [4.69, 9.17) is 4.74 Å². The lowest BCUT2D eigenvalue weighted by atomic mass is 10.2. The van der Waals surface area contributed by atoms with Crippen LogP contribution < -0.4 is 10.1 Å². The third-order valence-electron chi connectivity index (χ3n) is 3.02. The van der Waals surface area contributed by atoms with Crippen LogP contribution in [0.1, 0.15) is 25.0 Å². The lowest BCUT2D eigenvalue weighted by Gasteiger charge is -2.11. The van der Waals surface area contributed by atoms with Crippen molar-refractivity contribution in [2.45, 2.75) is 33.0 Å². The summed E-state index contributed by atoms with van der Waals surface area (Å²) in [7, 11) is 0. The highest BCUT2D eigenvalue weighted by molar-refractivity contribution is 9.10. The van der Waals surface area contributed by atoms with Crippen molar-refractivity contribution >= 4 is 15.9 Å². The second-order valence-corrected chi connectivity index (χ2v) is 6.12. The third kappa shape index (κ3) is 5.14. The van der Waals surface area contributed by atoms with Crippen LogP contribution in [0.15, 0.2) is 46.9 Å². The van der Waals surface area contributed by atoms with E-state index < -0.39 is 0 Å². The summed E-state index contributed by atoms with van der Waals surface area (Å²) in [4.78, 5) is 0. The molecular formula is C17H19BrFNO. The maximum Gasteiger partial charge on any atom is 0.130 e. The van der Waals surface area contributed by atoms with Crippen LogP contribution in [0.5, 0.6) is 5.75 Å². The number of hydrogen-bond acceptors (Lipinski definition) is 2. The molecule has 1 N–H and O–H groups in total. The molecule has 0 aliphatic rings. The molecule has 21 heavy (non-hydrogen) atoms. The lowest BCUT2D eigenvalue weighted by Crippen LogP contribution is -2.21. The number of rotatable bonds is 6. The summed E-state index contributed by atoms with van der Waals surface area (Å²) in [6, 6.07) is 13.3. The van der Waals surface area contributed by atoms with Gasteiger partial charge < -0.3 is 10.1 Å². The average molecular weight is 352 g/mol. The van der Waals surface area contributed by atoms with Crippen molar-refractivity contribution in [3.8, 4) is 5.75 Å². The molecule has 0 bridgehead atoms. The second-order valence-electron chi connectivity index (χ2n) is 5.21. The molecule has 2 aromatic carbocycles. The molecule has 0 spiro atoms. The van der Waals surface area contributed by atoms with Crippen LogP contribution in [0.25, 0.3) is 0 Å². The topological polar surface area (TPSA) is 21.3 Å². The van der Waals surface area contributed by atoms with Gasteiger partial charge in [0.05, 0.1) is 0 Å². The smallest absolute Gasteiger partial charge is 0.130 e. The van der Waals surface area contributed by atoms with Gasteiger partial charge in [0.15, 0.2) is 0 Å². The molecule has 2 aromatic rings. The molecule has 2 nitrogen and oxygen atoms in total. The lowest BCUT2D eigenvalue weighted by molar-refractivity contribution is 0.299. The Morgan fingerprint density at radius 3 is 2.71 bits per heavy atom. The van der Waals surface area contributed by atoms with Crippen molar-refractivity contribution < 1.29 is 9.13 Å². The largest absolute Gasteiger partial charge is 0.489 e. The Kier molecular flexibility index (Phi) is 5.76. The standard InChI is InChI=1S/C17H19BrFNO/c1-12(2)20-10-13-4-3-5-16(8-13)21-11-14-6-7-15(18)9-17(14)19/h3-9,12,20H,10-11H2,1-2H3. The summed E-state index contributed by atoms with van der Waals surface area (Å²) in [5.41, 5.74) is 1.70. The van der Waals surface area contributed by atoms with Crippen molar-refractivity contribution in [3.63, 3.8) is 0 Å². The number of hydrogen-bond donors (Lipinski definition) is 1. The van der Waals surface area contributed by atoms with Crippen molar-refractivity contribution in [2.75, 3.05) is 0 Å². The fourth-order valence-corrected chi connectivity index (χ4v) is 2.20. The van der Waals surface area contributed by atoms with E-state index in [-0.39, 0.29) is 12.4 Å². The normalized spacial score (nSPS) is 10.9. The molecule has 0 saturated heterocycles. The van der Waals surface area contributed by atoms with Crippen LogP contribution in [0.2, 0.25) is 0 Å². The van der Waals surface area contributed by atoms with Gasteiger partial charge in [0.1, 0.15) is 18.2 Å². The first kappa shape index (κ1) is 16.0. The molecule has 2 rings (SSSR count). The molecule has 0 heterocycles. The summed E-state index contributed by atoms with van der Waals surface area (Å²) in [5.74, 6) is 0.488. The maximum atomic E-state index is 13.7. The van der Waals surface area contributed by atoms with Crippen LogP contribution in [-0.4, -0.2) is 6.04 Å². The Morgan fingerprint density at radius 1 is 1.19 bits per heavy atom. The third-order valence-corrected chi connectivity index (χ3v) is 3.52. The van der Waals surface area contributed by atoms with Crippen LogP contribution >= 0.6 is 15.9 Å². The minimum absolute atomic E-state index is 0.222. The molecule has 0 unspecified atom stereocenters.